The van der Waals surface area contributed by atoms with Gasteiger partial charge in [0.1, 0.15) is 12.4 Å². The third-order valence-corrected chi connectivity index (χ3v) is 3.73. The number of hydrogen-bond donors (Lipinski definition) is 1. The number of aliphatic carboxylic acids is 1. The average Bonchev–Trinajstić information content (AvgIpc) is 2.84. The number of carbonyl (C=O) groups is 2. The molecule has 1 N–H and O–H groups in total. The van der Waals surface area contributed by atoms with E-state index in [1.165, 1.54) is 6.92 Å². The fourth-order valence-electron chi connectivity index (χ4n) is 2.62. The SMILES string of the molecule is CC(=O)c1ccc2c(c1)nc(Cc1ccccc1)n2CC(=O)O. The van der Waals surface area contributed by atoms with E-state index in [2.05, 4.69) is 4.98 Å². The standard InChI is InChI=1S/C18H16N2O3/c1-12(21)14-7-8-16-15(10-14)19-17(20(16)11-18(22)23)9-13-5-3-2-4-6-13/h2-8,10H,9,11H2,1H3,(H,22,23). The van der Waals surface area contributed by atoms with Crippen molar-refractivity contribution < 1.29 is 14.7 Å². The molecule has 0 fully saturated rings. The fraction of sp³-hybridized carbons (Fsp3) is 0.167. The smallest absolute Gasteiger partial charge is 0.323 e. The Labute approximate surface area is 133 Å². The van der Waals surface area contributed by atoms with Gasteiger partial charge in [-0.3, -0.25) is 9.59 Å². The minimum absolute atomic E-state index is 0.0377. The highest BCUT2D eigenvalue weighted by atomic mass is 16.4. The average molecular weight is 308 g/mol. The first-order valence-corrected chi connectivity index (χ1v) is 7.30. The Bertz CT molecular complexity index is 882. The molecule has 0 aliphatic carbocycles. The summed E-state index contributed by atoms with van der Waals surface area (Å²) in [5, 5.41) is 9.18. The van der Waals surface area contributed by atoms with Crippen LogP contribution in [0.25, 0.3) is 11.0 Å². The van der Waals surface area contributed by atoms with E-state index in [1.54, 1.807) is 22.8 Å². The monoisotopic (exact) mass is 308 g/mol. The Morgan fingerprint density at radius 3 is 2.52 bits per heavy atom. The molecule has 0 aliphatic rings. The van der Waals surface area contributed by atoms with E-state index < -0.39 is 5.97 Å². The lowest BCUT2D eigenvalue weighted by Gasteiger charge is -2.06. The molecular weight excluding hydrogens is 292 g/mol. The van der Waals surface area contributed by atoms with Gasteiger partial charge in [-0.25, -0.2) is 4.98 Å². The predicted molar refractivity (Wildman–Crippen MR) is 86.6 cm³/mol. The van der Waals surface area contributed by atoms with Crippen molar-refractivity contribution >= 4 is 22.8 Å². The van der Waals surface area contributed by atoms with Gasteiger partial charge in [0.25, 0.3) is 0 Å². The van der Waals surface area contributed by atoms with Gasteiger partial charge in [0.15, 0.2) is 5.78 Å². The third kappa shape index (κ3) is 3.13. The van der Waals surface area contributed by atoms with Gasteiger partial charge in [-0.15, -0.1) is 0 Å². The van der Waals surface area contributed by atoms with Gasteiger partial charge in [-0.2, -0.15) is 0 Å². The van der Waals surface area contributed by atoms with E-state index in [9.17, 15) is 14.7 Å². The van der Waals surface area contributed by atoms with Gasteiger partial charge < -0.3 is 9.67 Å². The van der Waals surface area contributed by atoms with E-state index in [4.69, 9.17) is 0 Å². The minimum atomic E-state index is -0.922. The molecule has 0 aliphatic heterocycles. The highest BCUT2D eigenvalue weighted by Crippen LogP contribution is 2.20. The number of benzene rings is 2. The van der Waals surface area contributed by atoms with Gasteiger partial charge in [0.2, 0.25) is 0 Å². The van der Waals surface area contributed by atoms with Gasteiger partial charge >= 0.3 is 5.97 Å². The molecule has 5 heteroatoms. The zero-order valence-corrected chi connectivity index (χ0v) is 12.7. The Hall–Kier alpha value is -2.95. The third-order valence-electron chi connectivity index (χ3n) is 3.73. The number of ketones is 1. The van der Waals surface area contributed by atoms with E-state index >= 15 is 0 Å². The second kappa shape index (κ2) is 6.04. The molecule has 0 bridgehead atoms. The summed E-state index contributed by atoms with van der Waals surface area (Å²) in [6.45, 7) is 1.35. The summed E-state index contributed by atoms with van der Waals surface area (Å²) in [5.41, 5.74) is 3.00. The van der Waals surface area contributed by atoms with Crippen LogP contribution >= 0.6 is 0 Å². The first-order valence-electron chi connectivity index (χ1n) is 7.30. The molecule has 0 amide bonds. The molecule has 1 aromatic heterocycles. The molecule has 0 unspecified atom stereocenters. The topological polar surface area (TPSA) is 72.2 Å². The Morgan fingerprint density at radius 1 is 1.13 bits per heavy atom. The van der Waals surface area contributed by atoms with E-state index in [0.717, 1.165) is 11.1 Å². The van der Waals surface area contributed by atoms with Crippen LogP contribution in [0.4, 0.5) is 0 Å². The summed E-state index contributed by atoms with van der Waals surface area (Å²) < 4.78 is 1.69. The van der Waals surface area contributed by atoms with Crippen molar-refractivity contribution in [1.82, 2.24) is 9.55 Å². The largest absolute Gasteiger partial charge is 0.480 e. The van der Waals surface area contributed by atoms with Crippen LogP contribution in [0.1, 0.15) is 28.7 Å². The summed E-state index contributed by atoms with van der Waals surface area (Å²) >= 11 is 0. The molecule has 0 saturated heterocycles. The van der Waals surface area contributed by atoms with Crippen LogP contribution in [0.5, 0.6) is 0 Å². The van der Waals surface area contributed by atoms with Crippen molar-refractivity contribution in [3.8, 4) is 0 Å². The predicted octanol–water partition coefficient (Wildman–Crippen LogP) is 2.91. The van der Waals surface area contributed by atoms with E-state index in [1.807, 2.05) is 30.3 Å². The molecule has 3 aromatic rings. The second-order valence-electron chi connectivity index (χ2n) is 5.43. The van der Waals surface area contributed by atoms with Crippen molar-refractivity contribution in [3.05, 3.63) is 65.5 Å². The summed E-state index contributed by atoms with van der Waals surface area (Å²) in [6, 6.07) is 14.9. The highest BCUT2D eigenvalue weighted by molar-refractivity contribution is 5.97. The molecule has 2 aromatic carbocycles. The molecule has 5 nitrogen and oxygen atoms in total. The van der Waals surface area contributed by atoms with Crippen LogP contribution in [-0.4, -0.2) is 26.4 Å². The number of carboxylic acid groups (broad SMARTS) is 1. The Kier molecular flexibility index (Phi) is 3.93. The van der Waals surface area contributed by atoms with Crippen LogP contribution in [0.15, 0.2) is 48.5 Å². The van der Waals surface area contributed by atoms with E-state index in [0.29, 0.717) is 23.3 Å². The van der Waals surface area contributed by atoms with Crippen LogP contribution in [0.2, 0.25) is 0 Å². The normalized spacial score (nSPS) is 10.8. The van der Waals surface area contributed by atoms with Crippen molar-refractivity contribution in [3.63, 3.8) is 0 Å². The van der Waals surface area contributed by atoms with Gasteiger partial charge in [-0.1, -0.05) is 30.3 Å². The van der Waals surface area contributed by atoms with Crippen molar-refractivity contribution in [2.45, 2.75) is 19.9 Å². The van der Waals surface area contributed by atoms with Gasteiger partial charge in [-0.05, 0) is 30.7 Å². The number of Topliss-reactive ketones (excluding diaryl/α,β-unsaturated/α-hetero) is 1. The summed E-state index contributed by atoms with van der Waals surface area (Å²) in [5.74, 6) is -0.284. The Morgan fingerprint density at radius 2 is 1.87 bits per heavy atom. The number of nitrogens with zero attached hydrogens (tertiary/aromatic N) is 2. The van der Waals surface area contributed by atoms with Crippen LogP contribution in [0.3, 0.4) is 0 Å². The maximum atomic E-state index is 11.5. The van der Waals surface area contributed by atoms with Gasteiger partial charge in [0.05, 0.1) is 11.0 Å². The molecule has 0 atom stereocenters. The number of aromatic nitrogens is 2. The first kappa shape index (κ1) is 15.0. The molecular formula is C18H16N2O3. The molecule has 0 saturated carbocycles. The number of hydrogen-bond acceptors (Lipinski definition) is 3. The van der Waals surface area contributed by atoms with Crippen molar-refractivity contribution in [2.75, 3.05) is 0 Å². The number of carbonyl (C=O) groups excluding carboxylic acids is 1. The minimum Gasteiger partial charge on any atom is -0.480 e. The summed E-state index contributed by atoms with van der Waals surface area (Å²) in [7, 11) is 0. The van der Waals surface area contributed by atoms with Crippen LogP contribution < -0.4 is 0 Å². The number of rotatable bonds is 5. The number of imidazole rings is 1. The quantitative estimate of drug-likeness (QED) is 0.736. The lowest BCUT2D eigenvalue weighted by molar-refractivity contribution is -0.137. The van der Waals surface area contributed by atoms with Crippen molar-refractivity contribution in [2.24, 2.45) is 0 Å². The lowest BCUT2D eigenvalue weighted by Crippen LogP contribution is -2.12. The molecule has 23 heavy (non-hydrogen) atoms. The van der Waals surface area contributed by atoms with Crippen LogP contribution in [0, 0.1) is 0 Å². The van der Waals surface area contributed by atoms with Crippen LogP contribution in [-0.2, 0) is 17.8 Å². The first-order chi connectivity index (χ1) is 11.0. The molecule has 0 radical (unpaired) electrons. The summed E-state index contributed by atoms with van der Waals surface area (Å²) in [4.78, 5) is 27.3. The van der Waals surface area contributed by atoms with Gasteiger partial charge in [0, 0.05) is 12.0 Å². The lowest BCUT2D eigenvalue weighted by atomic mass is 10.1. The summed E-state index contributed by atoms with van der Waals surface area (Å²) in [6.07, 6.45) is 0.540. The molecule has 0 spiro atoms. The van der Waals surface area contributed by atoms with Crippen molar-refractivity contribution in [1.29, 1.82) is 0 Å². The maximum Gasteiger partial charge on any atom is 0.323 e. The maximum absolute atomic E-state index is 11.5. The number of fused-ring (bicyclic) bond motifs is 1. The van der Waals surface area contributed by atoms with E-state index in [-0.39, 0.29) is 12.3 Å². The second-order valence-corrected chi connectivity index (χ2v) is 5.43. The fourth-order valence-corrected chi connectivity index (χ4v) is 2.62. The zero-order chi connectivity index (χ0) is 16.4. The molecule has 3 rings (SSSR count). The molecule has 1 heterocycles. The zero-order valence-electron chi connectivity index (χ0n) is 12.7. The highest BCUT2D eigenvalue weighted by Gasteiger charge is 2.14. The Balaban J connectivity index is 2.10. The molecule has 116 valence electrons. The number of carboxylic acids is 1.